The number of benzene rings is 1. The standard InChI is InChI=1S/C21H25ClN4O2/c1-4-19-21(28)23-11-12-25(19)20(27)10-9-17-14(2)24-26(15(17)3)13-16-7-5-6-8-18(16)22/h5-10,19H,4,11-13H2,1-3H3,(H,23,28). The SMILES string of the molecule is CCC1C(=O)NCCN1C(=O)C=Cc1c(C)nn(Cc2ccccc2Cl)c1C. The highest BCUT2D eigenvalue weighted by Gasteiger charge is 2.30. The van der Waals surface area contributed by atoms with Gasteiger partial charge in [0.15, 0.2) is 0 Å². The first-order chi connectivity index (χ1) is 13.4. The molecular weight excluding hydrogens is 376 g/mol. The van der Waals surface area contributed by atoms with E-state index in [1.807, 2.05) is 49.7 Å². The molecule has 1 unspecified atom stereocenters. The third kappa shape index (κ3) is 4.12. The molecule has 0 spiro atoms. The number of hydrogen-bond donors (Lipinski definition) is 1. The van der Waals surface area contributed by atoms with Crippen LogP contribution in [-0.2, 0) is 16.1 Å². The third-order valence-electron chi connectivity index (χ3n) is 5.11. The lowest BCUT2D eigenvalue weighted by molar-refractivity contribution is -0.140. The van der Waals surface area contributed by atoms with Gasteiger partial charge in [0.05, 0.1) is 12.2 Å². The molecule has 2 aromatic rings. The van der Waals surface area contributed by atoms with Gasteiger partial charge in [-0.1, -0.05) is 36.7 Å². The predicted octanol–water partition coefficient (Wildman–Crippen LogP) is 2.95. The Hall–Kier alpha value is -2.60. The number of hydrogen-bond acceptors (Lipinski definition) is 3. The summed E-state index contributed by atoms with van der Waals surface area (Å²) in [7, 11) is 0. The molecule has 6 nitrogen and oxygen atoms in total. The molecule has 3 rings (SSSR count). The van der Waals surface area contributed by atoms with E-state index in [2.05, 4.69) is 10.4 Å². The molecular formula is C21H25ClN4O2. The highest BCUT2D eigenvalue weighted by atomic mass is 35.5. The Morgan fingerprint density at radius 3 is 2.82 bits per heavy atom. The fraction of sp³-hybridized carbons (Fsp3) is 0.381. The largest absolute Gasteiger partial charge is 0.353 e. The smallest absolute Gasteiger partial charge is 0.247 e. The van der Waals surface area contributed by atoms with E-state index in [0.717, 1.165) is 22.5 Å². The lowest BCUT2D eigenvalue weighted by atomic mass is 10.1. The van der Waals surface area contributed by atoms with Crippen LogP contribution < -0.4 is 5.32 Å². The van der Waals surface area contributed by atoms with Gasteiger partial charge in [-0.15, -0.1) is 0 Å². The Balaban J connectivity index is 1.79. The van der Waals surface area contributed by atoms with E-state index in [1.165, 1.54) is 6.08 Å². The molecule has 2 amide bonds. The summed E-state index contributed by atoms with van der Waals surface area (Å²) in [5, 5.41) is 8.11. The first-order valence-corrected chi connectivity index (χ1v) is 9.84. The number of amides is 2. The molecule has 148 valence electrons. The van der Waals surface area contributed by atoms with Crippen LogP contribution in [0.25, 0.3) is 6.08 Å². The normalized spacial score (nSPS) is 17.2. The number of carbonyl (C=O) groups excluding carboxylic acids is 2. The molecule has 0 saturated carbocycles. The van der Waals surface area contributed by atoms with Crippen molar-refractivity contribution in [3.8, 4) is 0 Å². The van der Waals surface area contributed by atoms with E-state index < -0.39 is 6.04 Å². The Labute approximate surface area is 170 Å². The molecule has 1 aliphatic rings. The molecule has 1 aromatic carbocycles. The van der Waals surface area contributed by atoms with E-state index in [1.54, 1.807) is 11.0 Å². The molecule has 1 fully saturated rings. The third-order valence-corrected chi connectivity index (χ3v) is 5.48. The highest BCUT2D eigenvalue weighted by Crippen LogP contribution is 2.20. The van der Waals surface area contributed by atoms with Crippen molar-refractivity contribution in [2.75, 3.05) is 13.1 Å². The number of piperazine rings is 1. The number of aromatic nitrogens is 2. The van der Waals surface area contributed by atoms with Crippen molar-refractivity contribution in [1.29, 1.82) is 0 Å². The van der Waals surface area contributed by atoms with Crippen molar-refractivity contribution in [2.24, 2.45) is 0 Å². The summed E-state index contributed by atoms with van der Waals surface area (Å²) in [4.78, 5) is 26.3. The molecule has 1 N–H and O–H groups in total. The number of carbonyl (C=O) groups is 2. The molecule has 1 aliphatic heterocycles. The molecule has 0 radical (unpaired) electrons. The maximum atomic E-state index is 12.7. The number of nitrogens with zero attached hydrogens (tertiary/aromatic N) is 3. The van der Waals surface area contributed by atoms with Gasteiger partial charge in [-0.25, -0.2) is 0 Å². The Bertz CT molecular complexity index is 919. The van der Waals surface area contributed by atoms with Crippen LogP contribution in [0.3, 0.4) is 0 Å². The monoisotopic (exact) mass is 400 g/mol. The molecule has 1 atom stereocenters. The summed E-state index contributed by atoms with van der Waals surface area (Å²) < 4.78 is 1.89. The van der Waals surface area contributed by atoms with E-state index in [-0.39, 0.29) is 11.8 Å². The number of nitrogens with one attached hydrogen (secondary N) is 1. The minimum atomic E-state index is -0.406. The molecule has 7 heteroatoms. The molecule has 0 bridgehead atoms. The zero-order chi connectivity index (χ0) is 20.3. The lowest BCUT2D eigenvalue weighted by Crippen LogP contribution is -2.56. The Morgan fingerprint density at radius 2 is 2.11 bits per heavy atom. The quantitative estimate of drug-likeness (QED) is 0.784. The van der Waals surface area contributed by atoms with Gasteiger partial charge in [0, 0.05) is 35.4 Å². The maximum Gasteiger partial charge on any atom is 0.247 e. The van der Waals surface area contributed by atoms with E-state index in [0.29, 0.717) is 31.1 Å². The van der Waals surface area contributed by atoms with Crippen LogP contribution in [-0.4, -0.2) is 45.6 Å². The molecule has 0 aliphatic carbocycles. The van der Waals surface area contributed by atoms with Gasteiger partial charge in [0.25, 0.3) is 0 Å². The summed E-state index contributed by atoms with van der Waals surface area (Å²) in [6.45, 7) is 7.39. The Kier molecular flexibility index (Phi) is 6.19. The summed E-state index contributed by atoms with van der Waals surface area (Å²) in [5.74, 6) is -0.241. The van der Waals surface area contributed by atoms with Gasteiger partial charge in [-0.2, -0.15) is 5.10 Å². The zero-order valence-corrected chi connectivity index (χ0v) is 17.2. The minimum Gasteiger partial charge on any atom is -0.353 e. The number of aryl methyl sites for hydroxylation is 1. The zero-order valence-electron chi connectivity index (χ0n) is 16.4. The van der Waals surface area contributed by atoms with Crippen molar-refractivity contribution in [2.45, 2.75) is 39.8 Å². The van der Waals surface area contributed by atoms with E-state index in [4.69, 9.17) is 11.6 Å². The topological polar surface area (TPSA) is 67.2 Å². The summed E-state index contributed by atoms with van der Waals surface area (Å²) in [6, 6.07) is 7.28. The van der Waals surface area contributed by atoms with Crippen LogP contribution in [0.4, 0.5) is 0 Å². The first-order valence-electron chi connectivity index (χ1n) is 9.46. The minimum absolute atomic E-state index is 0.0876. The molecule has 2 heterocycles. The van der Waals surface area contributed by atoms with Crippen molar-refractivity contribution in [3.05, 3.63) is 57.9 Å². The average Bonchev–Trinajstić information content (AvgIpc) is 2.94. The lowest BCUT2D eigenvalue weighted by Gasteiger charge is -2.33. The van der Waals surface area contributed by atoms with Crippen molar-refractivity contribution < 1.29 is 9.59 Å². The summed E-state index contributed by atoms with van der Waals surface area (Å²) in [6.07, 6.45) is 3.93. The van der Waals surface area contributed by atoms with Crippen molar-refractivity contribution in [1.82, 2.24) is 20.0 Å². The van der Waals surface area contributed by atoms with E-state index in [9.17, 15) is 9.59 Å². The second-order valence-corrected chi connectivity index (χ2v) is 7.32. The van der Waals surface area contributed by atoms with Gasteiger partial charge >= 0.3 is 0 Å². The van der Waals surface area contributed by atoms with Crippen LogP contribution in [0.2, 0.25) is 5.02 Å². The second kappa shape index (κ2) is 8.61. The number of halogens is 1. The number of rotatable bonds is 5. The fourth-order valence-electron chi connectivity index (χ4n) is 3.53. The predicted molar refractivity (Wildman–Crippen MR) is 110 cm³/mol. The Morgan fingerprint density at radius 1 is 1.36 bits per heavy atom. The fourth-order valence-corrected chi connectivity index (χ4v) is 3.72. The van der Waals surface area contributed by atoms with Crippen molar-refractivity contribution >= 4 is 29.5 Å². The van der Waals surface area contributed by atoms with Gasteiger partial charge in [0.1, 0.15) is 6.04 Å². The first kappa shape index (κ1) is 20.1. The summed E-state index contributed by atoms with van der Waals surface area (Å²) in [5.41, 5.74) is 3.71. The molecule has 1 aromatic heterocycles. The maximum absolute atomic E-state index is 12.7. The van der Waals surface area contributed by atoms with Crippen LogP contribution in [0.1, 0.15) is 35.9 Å². The van der Waals surface area contributed by atoms with Crippen LogP contribution in [0, 0.1) is 13.8 Å². The summed E-state index contributed by atoms with van der Waals surface area (Å²) >= 11 is 6.26. The highest BCUT2D eigenvalue weighted by molar-refractivity contribution is 6.31. The van der Waals surface area contributed by atoms with Crippen LogP contribution >= 0.6 is 11.6 Å². The van der Waals surface area contributed by atoms with Gasteiger partial charge in [-0.05, 0) is 38.0 Å². The second-order valence-electron chi connectivity index (χ2n) is 6.91. The van der Waals surface area contributed by atoms with Crippen LogP contribution in [0.5, 0.6) is 0 Å². The molecule has 28 heavy (non-hydrogen) atoms. The van der Waals surface area contributed by atoms with Gasteiger partial charge in [0.2, 0.25) is 11.8 Å². The average molecular weight is 401 g/mol. The van der Waals surface area contributed by atoms with Crippen molar-refractivity contribution in [3.63, 3.8) is 0 Å². The van der Waals surface area contributed by atoms with Gasteiger partial charge < -0.3 is 10.2 Å². The van der Waals surface area contributed by atoms with E-state index >= 15 is 0 Å². The van der Waals surface area contributed by atoms with Gasteiger partial charge in [-0.3, -0.25) is 14.3 Å². The van der Waals surface area contributed by atoms with Crippen LogP contribution in [0.15, 0.2) is 30.3 Å². The molecule has 1 saturated heterocycles.